The topological polar surface area (TPSA) is 126 Å². The van der Waals surface area contributed by atoms with E-state index < -0.39 is 15.8 Å². The Balaban J connectivity index is 1.08. The molecule has 3 aliphatic heterocycles. The lowest BCUT2D eigenvalue weighted by atomic mass is 10.0. The number of pyridine rings is 1. The molecule has 2 saturated heterocycles. The number of hydrogen-bond donors (Lipinski definition) is 3. The highest BCUT2D eigenvalue weighted by Crippen LogP contribution is 2.39. The molecule has 3 N–H and O–H groups in total. The maximum atomic E-state index is 15.4. The van der Waals surface area contributed by atoms with E-state index in [-0.39, 0.29) is 11.6 Å². The van der Waals surface area contributed by atoms with Gasteiger partial charge in [0.15, 0.2) is 5.82 Å². The lowest BCUT2D eigenvalue weighted by Gasteiger charge is -2.42. The van der Waals surface area contributed by atoms with Crippen molar-refractivity contribution >= 4 is 55.7 Å². The number of para-hydroxylation sites is 1. The molecule has 7 rings (SSSR count). The van der Waals surface area contributed by atoms with Crippen molar-refractivity contribution in [3.8, 4) is 0 Å². The summed E-state index contributed by atoms with van der Waals surface area (Å²) in [7, 11) is -1.28. The van der Waals surface area contributed by atoms with E-state index in [1.807, 2.05) is 24.3 Å². The number of benzene rings is 1. The number of piperidine rings is 1. The minimum atomic E-state index is -3.45. The zero-order valence-electron chi connectivity index (χ0n) is 24.9. The minimum Gasteiger partial charge on any atom is -0.356 e. The van der Waals surface area contributed by atoms with Gasteiger partial charge in [0.1, 0.15) is 17.3 Å². The maximum absolute atomic E-state index is 15.4. The van der Waals surface area contributed by atoms with Gasteiger partial charge in [-0.2, -0.15) is 9.97 Å². The number of aromatic amines is 1. The molecule has 0 bridgehead atoms. The Bertz CT molecular complexity index is 1780. The van der Waals surface area contributed by atoms with Crippen LogP contribution >= 0.6 is 0 Å². The maximum Gasteiger partial charge on any atom is 0.232 e. The van der Waals surface area contributed by atoms with E-state index in [9.17, 15) is 8.42 Å². The number of anilines is 6. The van der Waals surface area contributed by atoms with Crippen LogP contribution in [0.1, 0.15) is 18.4 Å². The van der Waals surface area contributed by atoms with Gasteiger partial charge in [-0.1, -0.05) is 12.1 Å². The first-order valence-corrected chi connectivity index (χ1v) is 16.9. The quantitative estimate of drug-likeness (QED) is 0.283. The van der Waals surface area contributed by atoms with Crippen LogP contribution in [0.4, 0.5) is 39.0 Å². The highest BCUT2D eigenvalue weighted by atomic mass is 32.2. The Labute approximate surface area is 256 Å². The molecule has 12 nitrogen and oxygen atoms in total. The summed E-state index contributed by atoms with van der Waals surface area (Å²) >= 11 is 0. The molecule has 3 aromatic heterocycles. The van der Waals surface area contributed by atoms with Crippen LogP contribution in [-0.2, 0) is 16.4 Å². The number of piperazine rings is 1. The van der Waals surface area contributed by atoms with E-state index in [0.29, 0.717) is 53.1 Å². The van der Waals surface area contributed by atoms with Gasteiger partial charge in [0.2, 0.25) is 16.0 Å². The van der Waals surface area contributed by atoms with Gasteiger partial charge in [-0.3, -0.25) is 9.21 Å². The van der Waals surface area contributed by atoms with Crippen molar-refractivity contribution in [3.05, 3.63) is 54.1 Å². The van der Waals surface area contributed by atoms with Gasteiger partial charge in [0.25, 0.3) is 0 Å². The van der Waals surface area contributed by atoms with Gasteiger partial charge in [0.05, 0.1) is 34.9 Å². The number of aromatic nitrogens is 4. The van der Waals surface area contributed by atoms with Crippen molar-refractivity contribution in [2.24, 2.45) is 0 Å². The molecular weight excluding hydrogens is 583 g/mol. The molecule has 44 heavy (non-hydrogen) atoms. The fraction of sp³-hybridized carbons (Fsp3) is 0.433. The predicted molar refractivity (Wildman–Crippen MR) is 171 cm³/mol. The summed E-state index contributed by atoms with van der Waals surface area (Å²) in [6, 6.07) is 9.52. The number of sulfonamides is 1. The summed E-state index contributed by atoms with van der Waals surface area (Å²) in [6.45, 7) is 6.50. The minimum absolute atomic E-state index is 0.168. The van der Waals surface area contributed by atoms with Gasteiger partial charge >= 0.3 is 0 Å². The van der Waals surface area contributed by atoms with Crippen LogP contribution in [0.15, 0.2) is 42.7 Å². The third-order valence-electron chi connectivity index (χ3n) is 8.95. The van der Waals surface area contributed by atoms with Crippen molar-refractivity contribution in [2.75, 3.05) is 79.0 Å². The Morgan fingerprint density at radius 1 is 0.977 bits per heavy atom. The molecule has 0 radical (unpaired) electrons. The van der Waals surface area contributed by atoms with Crippen LogP contribution in [0.2, 0.25) is 0 Å². The predicted octanol–water partition coefficient (Wildman–Crippen LogP) is 3.52. The lowest BCUT2D eigenvalue weighted by Crippen LogP contribution is -2.52. The van der Waals surface area contributed by atoms with Crippen molar-refractivity contribution in [1.29, 1.82) is 0 Å². The average Bonchev–Trinajstić information content (AvgIpc) is 3.67. The van der Waals surface area contributed by atoms with E-state index in [1.54, 1.807) is 6.20 Å². The zero-order chi connectivity index (χ0) is 30.4. The Hall–Kier alpha value is -4.01. The van der Waals surface area contributed by atoms with Crippen molar-refractivity contribution < 1.29 is 12.8 Å². The highest BCUT2D eigenvalue weighted by molar-refractivity contribution is 7.92. The van der Waals surface area contributed by atoms with Crippen LogP contribution in [0.5, 0.6) is 0 Å². The smallest absolute Gasteiger partial charge is 0.232 e. The summed E-state index contributed by atoms with van der Waals surface area (Å²) in [5.41, 5.74) is 2.89. The Morgan fingerprint density at radius 2 is 1.77 bits per heavy atom. The third kappa shape index (κ3) is 5.64. The molecule has 0 unspecified atom stereocenters. The molecule has 0 amide bonds. The fourth-order valence-electron chi connectivity index (χ4n) is 6.53. The number of nitrogens with one attached hydrogen (secondary N) is 3. The Kier molecular flexibility index (Phi) is 7.50. The largest absolute Gasteiger partial charge is 0.356 e. The van der Waals surface area contributed by atoms with Crippen LogP contribution in [0.25, 0.3) is 11.0 Å². The van der Waals surface area contributed by atoms with E-state index in [1.165, 1.54) is 22.8 Å². The molecule has 6 heterocycles. The monoisotopic (exact) mass is 620 g/mol. The van der Waals surface area contributed by atoms with Gasteiger partial charge < -0.3 is 25.4 Å². The van der Waals surface area contributed by atoms with E-state index in [0.717, 1.165) is 57.7 Å². The van der Waals surface area contributed by atoms with E-state index in [2.05, 4.69) is 52.3 Å². The number of rotatable bonds is 7. The van der Waals surface area contributed by atoms with Gasteiger partial charge in [-0.25, -0.2) is 17.8 Å². The van der Waals surface area contributed by atoms with Crippen LogP contribution in [0, 0.1) is 5.82 Å². The molecule has 0 atom stereocenters. The number of fused-ring (bicyclic) bond motifs is 2. The summed E-state index contributed by atoms with van der Waals surface area (Å²) < 4.78 is 41.8. The number of halogens is 1. The normalized spacial score (nSPS) is 18.6. The van der Waals surface area contributed by atoms with E-state index in [4.69, 9.17) is 0 Å². The van der Waals surface area contributed by atoms with E-state index >= 15 is 4.39 Å². The zero-order valence-corrected chi connectivity index (χ0v) is 25.7. The molecular formula is C30H37FN10O2S. The summed E-state index contributed by atoms with van der Waals surface area (Å²) in [5.74, 6) is 0.823. The molecule has 3 aliphatic rings. The standard InChI is InChI=1S/C30H37FN10O2S/c1-38-14-16-39(17-15-38)21-8-11-40(12-9-21)26-18-23(31)25(19-33-26)35-30-36-28-22(6-10-32-28)29(37-30)34-24-5-3-4-20-7-13-41(27(20)24)44(2,42)43/h3-6,10,18-19,21H,7-9,11-17H2,1-2H3,(H3,32,34,35,36,37). The number of likely N-dealkylation sites (N-methyl/N-ethyl adjacent to an activating group) is 1. The second-order valence-electron chi connectivity index (χ2n) is 11.9. The van der Waals surface area contributed by atoms with Crippen molar-refractivity contribution in [3.63, 3.8) is 0 Å². The lowest BCUT2D eigenvalue weighted by molar-refractivity contribution is 0.0981. The third-order valence-corrected chi connectivity index (χ3v) is 10.1. The first kappa shape index (κ1) is 28.7. The molecule has 14 heteroatoms. The summed E-state index contributed by atoms with van der Waals surface area (Å²) in [4.78, 5) is 24.0. The molecule has 232 valence electrons. The number of H-pyrrole nitrogens is 1. The number of hydrogen-bond acceptors (Lipinski definition) is 10. The van der Waals surface area contributed by atoms with Gasteiger partial charge in [0, 0.05) is 64.1 Å². The molecule has 0 spiro atoms. The second kappa shape index (κ2) is 11.5. The van der Waals surface area contributed by atoms with Crippen LogP contribution in [-0.4, -0.2) is 103 Å². The van der Waals surface area contributed by atoms with Crippen LogP contribution < -0.4 is 19.8 Å². The van der Waals surface area contributed by atoms with Gasteiger partial charge in [-0.15, -0.1) is 0 Å². The average molecular weight is 621 g/mol. The highest BCUT2D eigenvalue weighted by Gasteiger charge is 2.30. The first-order chi connectivity index (χ1) is 21.2. The molecule has 0 saturated carbocycles. The van der Waals surface area contributed by atoms with Crippen LogP contribution in [0.3, 0.4) is 0 Å². The molecule has 1 aromatic carbocycles. The molecule has 2 fully saturated rings. The molecule has 0 aliphatic carbocycles. The number of nitrogens with zero attached hydrogens (tertiary/aromatic N) is 7. The Morgan fingerprint density at radius 3 is 2.52 bits per heavy atom. The summed E-state index contributed by atoms with van der Waals surface area (Å²) in [6.07, 6.45) is 7.15. The molecule has 4 aromatic rings. The van der Waals surface area contributed by atoms with Crippen molar-refractivity contribution in [2.45, 2.75) is 25.3 Å². The summed E-state index contributed by atoms with van der Waals surface area (Å²) in [5, 5.41) is 7.03. The van der Waals surface area contributed by atoms with Gasteiger partial charge in [-0.05, 0) is 44.0 Å². The fourth-order valence-corrected chi connectivity index (χ4v) is 7.50. The SMILES string of the molecule is CN1CCN(C2CCN(c3cc(F)c(Nc4nc(Nc5cccc6c5N(S(C)(=O)=O)CC6)c5cc[nH]c5n4)cn3)CC2)CC1. The first-order valence-electron chi connectivity index (χ1n) is 15.0. The van der Waals surface area contributed by atoms with Crippen molar-refractivity contribution in [1.82, 2.24) is 29.7 Å². The second-order valence-corrected chi connectivity index (χ2v) is 13.8.